The summed E-state index contributed by atoms with van der Waals surface area (Å²) in [5, 5.41) is 17.7. The fraction of sp³-hybridized carbons (Fsp3) is 0.381. The third kappa shape index (κ3) is 5.37. The van der Waals surface area contributed by atoms with E-state index in [2.05, 4.69) is 26.6 Å². The van der Waals surface area contributed by atoms with Gasteiger partial charge in [-0.05, 0) is 31.0 Å². The van der Waals surface area contributed by atoms with Crippen molar-refractivity contribution >= 4 is 17.3 Å². The van der Waals surface area contributed by atoms with E-state index in [1.165, 1.54) is 6.07 Å². The highest BCUT2D eigenvalue weighted by atomic mass is 16.6. The zero-order valence-corrected chi connectivity index (χ0v) is 16.8. The second-order valence-corrected chi connectivity index (χ2v) is 6.87. The normalized spacial score (nSPS) is 16.6. The van der Waals surface area contributed by atoms with E-state index in [0.29, 0.717) is 12.5 Å². The van der Waals surface area contributed by atoms with E-state index in [4.69, 9.17) is 4.74 Å². The van der Waals surface area contributed by atoms with E-state index in [1.807, 2.05) is 31.2 Å². The molecule has 1 unspecified atom stereocenters. The van der Waals surface area contributed by atoms with E-state index in [-0.39, 0.29) is 16.7 Å². The van der Waals surface area contributed by atoms with Gasteiger partial charge >= 0.3 is 0 Å². The Morgan fingerprint density at radius 3 is 2.90 bits per heavy atom. The summed E-state index contributed by atoms with van der Waals surface area (Å²) < 4.78 is 5.48. The Kier molecular flexibility index (Phi) is 6.89. The van der Waals surface area contributed by atoms with Crippen LogP contribution in [0.5, 0.6) is 5.75 Å². The zero-order valence-electron chi connectivity index (χ0n) is 16.8. The van der Waals surface area contributed by atoms with Crippen molar-refractivity contribution in [3.05, 3.63) is 64.2 Å². The SMILES string of the molecule is CCNC(=NCc1cccc([N+](=O)[O-])c1)NC1CCN(c2ccccc2OC)C1. The summed E-state index contributed by atoms with van der Waals surface area (Å²) in [6.07, 6.45) is 0.985. The number of methoxy groups -OCH3 is 1. The lowest BCUT2D eigenvalue weighted by atomic mass is 10.2. The minimum Gasteiger partial charge on any atom is -0.495 e. The number of para-hydroxylation sites is 2. The minimum absolute atomic E-state index is 0.0823. The summed E-state index contributed by atoms with van der Waals surface area (Å²) in [5.74, 6) is 1.59. The molecule has 2 aromatic rings. The number of hydrogen-bond donors (Lipinski definition) is 2. The molecule has 0 saturated carbocycles. The molecule has 8 heteroatoms. The van der Waals surface area contributed by atoms with Crippen LogP contribution < -0.4 is 20.3 Å². The lowest BCUT2D eigenvalue weighted by Gasteiger charge is -2.22. The molecule has 1 saturated heterocycles. The van der Waals surface area contributed by atoms with Crippen molar-refractivity contribution in [3.63, 3.8) is 0 Å². The summed E-state index contributed by atoms with van der Waals surface area (Å²) in [4.78, 5) is 17.5. The highest BCUT2D eigenvalue weighted by molar-refractivity contribution is 5.80. The van der Waals surface area contributed by atoms with Crippen LogP contribution in [-0.4, -0.2) is 43.7 Å². The van der Waals surface area contributed by atoms with Gasteiger partial charge in [-0.1, -0.05) is 24.3 Å². The van der Waals surface area contributed by atoms with Gasteiger partial charge in [0, 0.05) is 37.8 Å². The Morgan fingerprint density at radius 2 is 2.14 bits per heavy atom. The average molecular weight is 397 g/mol. The molecule has 2 N–H and O–H groups in total. The second kappa shape index (κ2) is 9.77. The number of benzene rings is 2. The molecule has 0 bridgehead atoms. The van der Waals surface area contributed by atoms with E-state index < -0.39 is 0 Å². The van der Waals surface area contributed by atoms with Crippen LogP contribution in [-0.2, 0) is 6.54 Å². The molecule has 1 fully saturated rings. The number of hydrogen-bond acceptors (Lipinski definition) is 5. The first-order valence-corrected chi connectivity index (χ1v) is 9.77. The number of nitrogens with zero attached hydrogens (tertiary/aromatic N) is 3. The van der Waals surface area contributed by atoms with Gasteiger partial charge in [0.1, 0.15) is 5.75 Å². The number of ether oxygens (including phenoxy) is 1. The number of nitrogens with one attached hydrogen (secondary N) is 2. The fourth-order valence-electron chi connectivity index (χ4n) is 3.44. The predicted molar refractivity (Wildman–Crippen MR) is 115 cm³/mol. The quantitative estimate of drug-likeness (QED) is 0.323. The molecule has 0 aromatic heterocycles. The maximum Gasteiger partial charge on any atom is 0.269 e. The first-order valence-electron chi connectivity index (χ1n) is 9.77. The standard InChI is InChI=1S/C21H27N5O3/c1-3-22-21(23-14-16-7-6-8-18(13-16)26(27)28)24-17-11-12-25(15-17)19-9-4-5-10-20(19)29-2/h4-10,13,17H,3,11-12,14-15H2,1-2H3,(H2,22,23,24). The van der Waals surface area contributed by atoms with Gasteiger partial charge < -0.3 is 20.3 Å². The average Bonchev–Trinajstić information content (AvgIpc) is 3.20. The molecule has 0 amide bonds. The molecular formula is C21H27N5O3. The van der Waals surface area contributed by atoms with Crippen molar-refractivity contribution in [2.45, 2.75) is 25.9 Å². The third-order valence-electron chi connectivity index (χ3n) is 4.84. The molecule has 2 aromatic carbocycles. The Bertz CT molecular complexity index is 871. The largest absolute Gasteiger partial charge is 0.495 e. The number of nitro benzene ring substituents is 1. The lowest BCUT2D eigenvalue weighted by molar-refractivity contribution is -0.384. The van der Waals surface area contributed by atoms with E-state index >= 15 is 0 Å². The van der Waals surface area contributed by atoms with Gasteiger partial charge in [-0.3, -0.25) is 10.1 Å². The van der Waals surface area contributed by atoms with Crippen LogP contribution in [0.15, 0.2) is 53.5 Å². The van der Waals surface area contributed by atoms with Crippen LogP contribution in [0, 0.1) is 10.1 Å². The van der Waals surface area contributed by atoms with Crippen molar-refractivity contribution in [1.82, 2.24) is 10.6 Å². The van der Waals surface area contributed by atoms with Crippen molar-refractivity contribution < 1.29 is 9.66 Å². The van der Waals surface area contributed by atoms with Crippen molar-refractivity contribution in [2.75, 3.05) is 31.6 Å². The van der Waals surface area contributed by atoms with Gasteiger partial charge in [0.05, 0.1) is 24.3 Å². The van der Waals surface area contributed by atoms with E-state index in [9.17, 15) is 10.1 Å². The molecule has 1 atom stereocenters. The van der Waals surface area contributed by atoms with Gasteiger partial charge in [-0.25, -0.2) is 4.99 Å². The molecule has 154 valence electrons. The predicted octanol–water partition coefficient (Wildman–Crippen LogP) is 2.94. The maximum absolute atomic E-state index is 10.9. The molecule has 0 spiro atoms. The van der Waals surface area contributed by atoms with Crippen LogP contribution >= 0.6 is 0 Å². The summed E-state index contributed by atoms with van der Waals surface area (Å²) in [7, 11) is 1.69. The van der Waals surface area contributed by atoms with Crippen LogP contribution in [0.25, 0.3) is 0 Å². The molecular weight excluding hydrogens is 370 g/mol. The highest BCUT2D eigenvalue weighted by Gasteiger charge is 2.25. The summed E-state index contributed by atoms with van der Waals surface area (Å²) in [5.41, 5.74) is 1.98. The smallest absolute Gasteiger partial charge is 0.269 e. The van der Waals surface area contributed by atoms with Gasteiger partial charge in [-0.2, -0.15) is 0 Å². The number of aliphatic imine (C=N–C) groups is 1. The Balaban J connectivity index is 1.64. The van der Waals surface area contributed by atoms with Gasteiger partial charge in [-0.15, -0.1) is 0 Å². The topological polar surface area (TPSA) is 92.0 Å². The number of guanidine groups is 1. The van der Waals surface area contributed by atoms with Gasteiger partial charge in [0.2, 0.25) is 0 Å². The molecule has 0 radical (unpaired) electrons. The van der Waals surface area contributed by atoms with Gasteiger partial charge in [0.25, 0.3) is 5.69 Å². The summed E-state index contributed by atoms with van der Waals surface area (Å²) in [6, 6.07) is 14.9. The van der Waals surface area contributed by atoms with Crippen LogP contribution in [0.4, 0.5) is 11.4 Å². The molecule has 1 aliphatic heterocycles. The van der Waals surface area contributed by atoms with Crippen LogP contribution in [0.3, 0.4) is 0 Å². The summed E-state index contributed by atoms with van der Waals surface area (Å²) >= 11 is 0. The molecule has 1 heterocycles. The van der Waals surface area contributed by atoms with E-state index in [0.717, 1.165) is 43.1 Å². The van der Waals surface area contributed by atoms with Gasteiger partial charge in [0.15, 0.2) is 5.96 Å². The van der Waals surface area contributed by atoms with Crippen molar-refractivity contribution in [2.24, 2.45) is 4.99 Å². The monoisotopic (exact) mass is 397 g/mol. The minimum atomic E-state index is -0.387. The number of non-ortho nitro benzene ring substituents is 1. The van der Waals surface area contributed by atoms with Crippen LogP contribution in [0.2, 0.25) is 0 Å². The first kappa shape index (κ1) is 20.4. The second-order valence-electron chi connectivity index (χ2n) is 6.87. The first-order chi connectivity index (χ1) is 14.1. The molecule has 29 heavy (non-hydrogen) atoms. The summed E-state index contributed by atoms with van der Waals surface area (Å²) in [6.45, 7) is 4.91. The zero-order chi connectivity index (χ0) is 20.6. The molecule has 3 rings (SSSR count). The van der Waals surface area contributed by atoms with E-state index in [1.54, 1.807) is 19.2 Å². The number of anilines is 1. The van der Waals surface area contributed by atoms with Crippen molar-refractivity contribution in [1.29, 1.82) is 0 Å². The third-order valence-corrected chi connectivity index (χ3v) is 4.84. The molecule has 0 aliphatic carbocycles. The maximum atomic E-state index is 10.9. The Labute approximate surface area is 170 Å². The van der Waals surface area contributed by atoms with Crippen LogP contribution in [0.1, 0.15) is 18.9 Å². The lowest BCUT2D eigenvalue weighted by Crippen LogP contribution is -2.44. The van der Waals surface area contributed by atoms with Crippen molar-refractivity contribution in [3.8, 4) is 5.75 Å². The number of nitro groups is 1. The fourth-order valence-corrected chi connectivity index (χ4v) is 3.44. The Morgan fingerprint density at radius 1 is 1.31 bits per heavy atom. The molecule has 1 aliphatic rings. The highest BCUT2D eigenvalue weighted by Crippen LogP contribution is 2.30. The molecule has 8 nitrogen and oxygen atoms in total. The Hall–Kier alpha value is -3.29. The number of rotatable bonds is 7.